The number of carbonyl (C=O) groups excluding carboxylic acids is 1. The van der Waals surface area contributed by atoms with Crippen molar-refractivity contribution in [1.82, 2.24) is 9.97 Å². The molecule has 0 bridgehead atoms. The molecule has 2 aromatic heterocycles. The number of hydrogen-bond acceptors (Lipinski definition) is 6. The van der Waals surface area contributed by atoms with E-state index in [-0.39, 0.29) is 6.04 Å². The van der Waals surface area contributed by atoms with Gasteiger partial charge in [-0.25, -0.2) is 14.8 Å². The summed E-state index contributed by atoms with van der Waals surface area (Å²) in [5.74, 6) is 0.451. The fourth-order valence-electron chi connectivity index (χ4n) is 2.23. The van der Waals surface area contributed by atoms with Crippen molar-refractivity contribution in [2.75, 3.05) is 10.6 Å². The first-order chi connectivity index (χ1) is 11.1. The highest BCUT2D eigenvalue weighted by atomic mass is 32.1. The van der Waals surface area contributed by atoms with Crippen LogP contribution in [0.15, 0.2) is 18.3 Å². The molecule has 0 saturated heterocycles. The van der Waals surface area contributed by atoms with Crippen molar-refractivity contribution >= 4 is 28.9 Å². The lowest BCUT2D eigenvalue weighted by atomic mass is 10.2. The van der Waals surface area contributed by atoms with Gasteiger partial charge in [-0.15, -0.1) is 11.3 Å². The molecule has 0 aliphatic rings. The molecule has 24 heavy (non-hydrogen) atoms. The summed E-state index contributed by atoms with van der Waals surface area (Å²) in [6.45, 7) is 11.6. The van der Waals surface area contributed by atoms with Gasteiger partial charge in [0.05, 0.1) is 28.6 Å². The predicted molar refractivity (Wildman–Crippen MR) is 97.7 cm³/mol. The van der Waals surface area contributed by atoms with Crippen molar-refractivity contribution < 1.29 is 9.53 Å². The highest BCUT2D eigenvalue weighted by Crippen LogP contribution is 2.27. The first-order valence-electron chi connectivity index (χ1n) is 7.80. The molecule has 1 unspecified atom stereocenters. The number of amides is 1. The van der Waals surface area contributed by atoms with E-state index < -0.39 is 11.7 Å². The molecule has 1 amide bonds. The Morgan fingerprint density at radius 1 is 1.29 bits per heavy atom. The maximum atomic E-state index is 11.7. The minimum absolute atomic E-state index is 0.141. The van der Waals surface area contributed by atoms with Gasteiger partial charge in [-0.3, -0.25) is 5.32 Å². The van der Waals surface area contributed by atoms with Crippen molar-refractivity contribution in [1.29, 1.82) is 0 Å². The zero-order chi connectivity index (χ0) is 17.9. The van der Waals surface area contributed by atoms with Crippen LogP contribution in [0.4, 0.5) is 16.3 Å². The Balaban J connectivity index is 1.97. The number of hydrogen-bond donors (Lipinski definition) is 2. The van der Waals surface area contributed by atoms with Gasteiger partial charge in [-0.1, -0.05) is 0 Å². The Bertz CT molecular complexity index is 704. The quantitative estimate of drug-likeness (QED) is 0.839. The summed E-state index contributed by atoms with van der Waals surface area (Å²) < 4.78 is 5.20. The summed E-state index contributed by atoms with van der Waals surface area (Å²) >= 11 is 1.69. The van der Waals surface area contributed by atoms with Crippen LogP contribution in [-0.4, -0.2) is 21.7 Å². The Morgan fingerprint density at radius 2 is 2.00 bits per heavy atom. The second-order valence-electron chi connectivity index (χ2n) is 6.61. The molecule has 130 valence electrons. The molecule has 2 N–H and O–H groups in total. The zero-order valence-electron chi connectivity index (χ0n) is 14.9. The van der Waals surface area contributed by atoms with E-state index >= 15 is 0 Å². The average Bonchev–Trinajstić information content (AvgIpc) is 2.78. The van der Waals surface area contributed by atoms with Crippen LogP contribution in [0.5, 0.6) is 0 Å². The molecule has 0 aliphatic heterocycles. The molecule has 2 rings (SSSR count). The van der Waals surface area contributed by atoms with Gasteiger partial charge >= 0.3 is 6.09 Å². The highest BCUT2D eigenvalue weighted by molar-refractivity contribution is 7.11. The van der Waals surface area contributed by atoms with Gasteiger partial charge < -0.3 is 10.1 Å². The summed E-state index contributed by atoms with van der Waals surface area (Å²) in [6, 6.07) is 3.76. The SMILES string of the molecule is Cc1nc(C)c(C(C)Nc2ccc(NC(=O)OC(C)(C)C)nc2)s1. The molecule has 7 heteroatoms. The Labute approximate surface area is 146 Å². The van der Waals surface area contributed by atoms with Crippen molar-refractivity contribution in [2.45, 2.75) is 53.2 Å². The van der Waals surface area contributed by atoms with Gasteiger partial charge in [0.15, 0.2) is 0 Å². The van der Waals surface area contributed by atoms with Crippen LogP contribution in [0, 0.1) is 13.8 Å². The summed E-state index contributed by atoms with van der Waals surface area (Å²) in [7, 11) is 0. The Kier molecular flexibility index (Phi) is 5.43. The van der Waals surface area contributed by atoms with E-state index in [1.807, 2.05) is 40.7 Å². The van der Waals surface area contributed by atoms with Crippen LogP contribution < -0.4 is 10.6 Å². The van der Waals surface area contributed by atoms with Crippen LogP contribution >= 0.6 is 11.3 Å². The van der Waals surface area contributed by atoms with E-state index in [9.17, 15) is 4.79 Å². The predicted octanol–water partition coefficient (Wildman–Crippen LogP) is 4.68. The molecule has 6 nitrogen and oxygen atoms in total. The number of nitrogens with one attached hydrogen (secondary N) is 2. The van der Waals surface area contributed by atoms with E-state index in [0.29, 0.717) is 5.82 Å². The monoisotopic (exact) mass is 348 g/mol. The Hall–Kier alpha value is -2.15. The molecule has 2 aromatic rings. The van der Waals surface area contributed by atoms with E-state index in [0.717, 1.165) is 16.4 Å². The number of thiazole rings is 1. The third kappa shape index (κ3) is 5.19. The van der Waals surface area contributed by atoms with E-state index in [2.05, 4.69) is 27.5 Å². The molecular formula is C17H24N4O2S. The second kappa shape index (κ2) is 7.17. The van der Waals surface area contributed by atoms with Crippen LogP contribution in [0.3, 0.4) is 0 Å². The van der Waals surface area contributed by atoms with Crippen molar-refractivity contribution in [2.24, 2.45) is 0 Å². The number of pyridine rings is 1. The highest BCUT2D eigenvalue weighted by Gasteiger charge is 2.17. The van der Waals surface area contributed by atoms with Gasteiger partial charge in [0.1, 0.15) is 11.4 Å². The first-order valence-corrected chi connectivity index (χ1v) is 8.62. The number of rotatable bonds is 4. The minimum Gasteiger partial charge on any atom is -0.444 e. The lowest BCUT2D eigenvalue weighted by Gasteiger charge is -2.19. The zero-order valence-corrected chi connectivity index (χ0v) is 15.7. The standard InChI is InChI=1S/C17H24N4O2S/c1-10-15(24-12(3)19-10)11(2)20-13-7-8-14(18-9-13)21-16(22)23-17(4,5)6/h7-9,11,20H,1-6H3,(H,18,21,22). The van der Waals surface area contributed by atoms with Crippen LogP contribution in [0.25, 0.3) is 0 Å². The lowest BCUT2D eigenvalue weighted by Crippen LogP contribution is -2.27. The lowest BCUT2D eigenvalue weighted by molar-refractivity contribution is 0.0635. The van der Waals surface area contributed by atoms with E-state index in [1.165, 1.54) is 4.88 Å². The molecular weight excluding hydrogens is 324 g/mol. The second-order valence-corrected chi connectivity index (χ2v) is 7.84. The van der Waals surface area contributed by atoms with Gasteiger partial charge in [0, 0.05) is 4.88 Å². The normalized spacial score (nSPS) is 12.6. The number of aromatic nitrogens is 2. The summed E-state index contributed by atoms with van der Waals surface area (Å²) in [5.41, 5.74) is 1.39. The van der Waals surface area contributed by atoms with Gasteiger partial charge in [0.25, 0.3) is 0 Å². The van der Waals surface area contributed by atoms with Gasteiger partial charge in [-0.05, 0) is 53.7 Å². The molecule has 2 heterocycles. The third-order valence-electron chi connectivity index (χ3n) is 3.11. The smallest absolute Gasteiger partial charge is 0.413 e. The minimum atomic E-state index is -0.536. The molecule has 0 spiro atoms. The maximum absolute atomic E-state index is 11.7. The number of ether oxygens (including phenoxy) is 1. The Morgan fingerprint density at radius 3 is 2.50 bits per heavy atom. The summed E-state index contributed by atoms with van der Waals surface area (Å²) in [6.07, 6.45) is 1.17. The van der Waals surface area contributed by atoms with Gasteiger partial charge in [-0.2, -0.15) is 0 Å². The summed E-state index contributed by atoms with van der Waals surface area (Å²) in [5, 5.41) is 7.07. The molecule has 0 aromatic carbocycles. The average molecular weight is 348 g/mol. The molecule has 0 aliphatic carbocycles. The molecule has 1 atom stereocenters. The number of aryl methyl sites for hydroxylation is 2. The number of anilines is 2. The molecule has 0 saturated carbocycles. The largest absolute Gasteiger partial charge is 0.444 e. The fourth-order valence-corrected chi connectivity index (χ4v) is 3.16. The van der Waals surface area contributed by atoms with Gasteiger partial charge in [0.2, 0.25) is 0 Å². The fraction of sp³-hybridized carbons (Fsp3) is 0.471. The topological polar surface area (TPSA) is 76.1 Å². The van der Waals surface area contributed by atoms with E-state index in [1.54, 1.807) is 23.6 Å². The van der Waals surface area contributed by atoms with Crippen LogP contribution in [0.2, 0.25) is 0 Å². The number of carbonyl (C=O) groups is 1. The maximum Gasteiger partial charge on any atom is 0.413 e. The molecule has 0 fully saturated rings. The van der Waals surface area contributed by atoms with Crippen LogP contribution in [0.1, 0.15) is 49.3 Å². The van der Waals surface area contributed by atoms with Crippen molar-refractivity contribution in [3.8, 4) is 0 Å². The van der Waals surface area contributed by atoms with E-state index in [4.69, 9.17) is 4.74 Å². The molecule has 0 radical (unpaired) electrons. The third-order valence-corrected chi connectivity index (χ3v) is 4.36. The summed E-state index contributed by atoms with van der Waals surface area (Å²) in [4.78, 5) is 21.6. The van der Waals surface area contributed by atoms with Crippen molar-refractivity contribution in [3.05, 3.63) is 33.9 Å². The van der Waals surface area contributed by atoms with Crippen molar-refractivity contribution in [3.63, 3.8) is 0 Å². The number of nitrogens with zero attached hydrogens (tertiary/aromatic N) is 2. The van der Waals surface area contributed by atoms with Crippen LogP contribution in [-0.2, 0) is 4.74 Å². The first kappa shape index (κ1) is 18.2.